The number of nitrogens with zero attached hydrogens (tertiary/aromatic N) is 1. The molecule has 0 spiro atoms. The molecule has 0 saturated heterocycles. The summed E-state index contributed by atoms with van der Waals surface area (Å²) >= 11 is 0. The molecule has 1 aliphatic carbocycles. The molecule has 1 saturated carbocycles. The van der Waals surface area contributed by atoms with Crippen molar-refractivity contribution < 1.29 is 0 Å². The third-order valence-electron chi connectivity index (χ3n) is 2.30. The Hall–Kier alpha value is -0.0800. The summed E-state index contributed by atoms with van der Waals surface area (Å²) in [5, 5.41) is 2.75. The highest BCUT2D eigenvalue weighted by Crippen LogP contribution is 2.20. The Balaban J connectivity index is 0.000000354. The van der Waals surface area contributed by atoms with E-state index in [1.54, 1.807) is 0 Å². The van der Waals surface area contributed by atoms with Crippen LogP contribution in [0.2, 0.25) is 0 Å². The quantitative estimate of drug-likeness (QED) is 0.648. The fourth-order valence-electron chi connectivity index (χ4n) is 1.60. The largest absolute Gasteiger partial charge is 0.323 e. The van der Waals surface area contributed by atoms with Gasteiger partial charge in [-0.1, -0.05) is 19.3 Å². The summed E-state index contributed by atoms with van der Waals surface area (Å²) in [7, 11) is 8.13. The van der Waals surface area contributed by atoms with E-state index in [2.05, 4.69) is 24.3 Å². The zero-order valence-electron chi connectivity index (χ0n) is 9.06. The fraction of sp³-hybridized carbons (Fsp3) is 1.00. The molecule has 0 atom stereocenters. The average Bonchev–Trinajstić information content (AvgIpc) is 2.07. The van der Waals surface area contributed by atoms with E-state index in [1.165, 1.54) is 32.1 Å². The molecule has 0 aromatic carbocycles. The van der Waals surface area contributed by atoms with Crippen LogP contribution in [-0.4, -0.2) is 39.1 Å². The predicted molar refractivity (Wildman–Crippen MR) is 55.5 cm³/mol. The Morgan fingerprint density at radius 1 is 1.00 bits per heavy atom. The first-order valence-electron chi connectivity index (χ1n) is 4.97. The van der Waals surface area contributed by atoms with Crippen LogP contribution in [0.1, 0.15) is 32.1 Å². The van der Waals surface area contributed by atoms with Crippen molar-refractivity contribution in [1.29, 1.82) is 0 Å². The summed E-state index contributed by atoms with van der Waals surface area (Å²) in [5.74, 6) is 0. The molecule has 0 unspecified atom stereocenters. The van der Waals surface area contributed by atoms with Gasteiger partial charge in [0.1, 0.15) is 0 Å². The molecule has 1 rings (SSSR count). The molecule has 0 bridgehead atoms. The molecule has 2 nitrogen and oxygen atoms in total. The summed E-state index contributed by atoms with van der Waals surface area (Å²) in [6, 6.07) is 0.888. The van der Waals surface area contributed by atoms with E-state index in [4.69, 9.17) is 0 Å². The van der Waals surface area contributed by atoms with Gasteiger partial charge in [0.15, 0.2) is 0 Å². The topological polar surface area (TPSA) is 15.3 Å². The van der Waals surface area contributed by atoms with Gasteiger partial charge in [-0.25, -0.2) is 0 Å². The van der Waals surface area contributed by atoms with Crippen LogP contribution in [0.4, 0.5) is 0 Å². The standard InChI is InChI=1S/C8H17N.C2H7N/c1-9(2)8-6-4-3-5-7-8;1-3-2/h8H,3-7H2,1-2H3;3H,1-2H3. The van der Waals surface area contributed by atoms with Crippen LogP contribution in [0, 0.1) is 0 Å². The highest BCUT2D eigenvalue weighted by molar-refractivity contribution is 4.70. The van der Waals surface area contributed by atoms with Crippen LogP contribution in [0.25, 0.3) is 0 Å². The Kier molecular flexibility index (Phi) is 7.51. The lowest BCUT2D eigenvalue weighted by Gasteiger charge is -2.27. The number of hydrogen-bond donors (Lipinski definition) is 1. The third-order valence-corrected chi connectivity index (χ3v) is 2.30. The lowest BCUT2D eigenvalue weighted by Crippen LogP contribution is -2.29. The zero-order chi connectivity index (χ0) is 9.40. The second-order valence-electron chi connectivity index (χ2n) is 3.76. The molecule has 1 fully saturated rings. The fourth-order valence-corrected chi connectivity index (χ4v) is 1.60. The lowest BCUT2D eigenvalue weighted by atomic mass is 9.95. The molecular weight excluding hydrogens is 148 g/mol. The maximum Gasteiger partial charge on any atom is 0.00891 e. The highest BCUT2D eigenvalue weighted by Gasteiger charge is 2.13. The van der Waals surface area contributed by atoms with Gasteiger partial charge in [-0.05, 0) is 41.0 Å². The first-order chi connectivity index (χ1) is 5.72. The van der Waals surface area contributed by atoms with Crippen molar-refractivity contribution in [1.82, 2.24) is 10.2 Å². The van der Waals surface area contributed by atoms with Gasteiger partial charge in [-0.15, -0.1) is 0 Å². The molecule has 0 aromatic rings. The average molecular weight is 172 g/mol. The van der Waals surface area contributed by atoms with Gasteiger partial charge in [0.2, 0.25) is 0 Å². The minimum absolute atomic E-state index is 0.888. The predicted octanol–water partition coefficient (Wildman–Crippen LogP) is 1.72. The van der Waals surface area contributed by atoms with E-state index in [9.17, 15) is 0 Å². The molecule has 0 radical (unpaired) electrons. The SMILES string of the molecule is CN(C)C1CCCCC1.CNC. The molecular formula is C10H24N2. The molecule has 1 aliphatic rings. The van der Waals surface area contributed by atoms with Crippen molar-refractivity contribution in [3.63, 3.8) is 0 Å². The van der Waals surface area contributed by atoms with Gasteiger partial charge in [-0.3, -0.25) is 0 Å². The molecule has 0 aliphatic heterocycles. The van der Waals surface area contributed by atoms with E-state index < -0.39 is 0 Å². The Morgan fingerprint density at radius 2 is 1.42 bits per heavy atom. The number of hydrogen-bond acceptors (Lipinski definition) is 2. The first-order valence-corrected chi connectivity index (χ1v) is 4.97. The lowest BCUT2D eigenvalue weighted by molar-refractivity contribution is 0.229. The van der Waals surface area contributed by atoms with E-state index in [1.807, 2.05) is 14.1 Å². The molecule has 0 heterocycles. The minimum atomic E-state index is 0.888. The summed E-state index contributed by atoms with van der Waals surface area (Å²) in [6.45, 7) is 0. The Morgan fingerprint density at radius 3 is 1.67 bits per heavy atom. The first kappa shape index (κ1) is 11.9. The molecule has 0 aromatic heterocycles. The van der Waals surface area contributed by atoms with Crippen LogP contribution < -0.4 is 5.32 Å². The van der Waals surface area contributed by atoms with E-state index >= 15 is 0 Å². The van der Waals surface area contributed by atoms with Crippen molar-refractivity contribution in [2.24, 2.45) is 0 Å². The van der Waals surface area contributed by atoms with Gasteiger partial charge in [-0.2, -0.15) is 0 Å². The van der Waals surface area contributed by atoms with Crippen LogP contribution in [-0.2, 0) is 0 Å². The molecule has 0 amide bonds. The summed E-state index contributed by atoms with van der Waals surface area (Å²) < 4.78 is 0. The normalized spacial score (nSPS) is 18.8. The highest BCUT2D eigenvalue weighted by atomic mass is 15.1. The number of nitrogens with one attached hydrogen (secondary N) is 1. The van der Waals surface area contributed by atoms with Crippen LogP contribution in [0.5, 0.6) is 0 Å². The van der Waals surface area contributed by atoms with Gasteiger partial charge >= 0.3 is 0 Å². The van der Waals surface area contributed by atoms with Crippen LogP contribution >= 0.6 is 0 Å². The van der Waals surface area contributed by atoms with Gasteiger partial charge in [0.25, 0.3) is 0 Å². The van der Waals surface area contributed by atoms with Crippen molar-refractivity contribution in [3.8, 4) is 0 Å². The minimum Gasteiger partial charge on any atom is -0.323 e. The van der Waals surface area contributed by atoms with E-state index in [-0.39, 0.29) is 0 Å². The molecule has 12 heavy (non-hydrogen) atoms. The maximum atomic E-state index is 2.75. The smallest absolute Gasteiger partial charge is 0.00891 e. The van der Waals surface area contributed by atoms with Crippen molar-refractivity contribution in [2.75, 3.05) is 28.2 Å². The maximum absolute atomic E-state index is 2.75. The summed E-state index contributed by atoms with van der Waals surface area (Å²) in [5.41, 5.74) is 0. The van der Waals surface area contributed by atoms with Crippen molar-refractivity contribution >= 4 is 0 Å². The van der Waals surface area contributed by atoms with Gasteiger partial charge < -0.3 is 10.2 Å². The van der Waals surface area contributed by atoms with Crippen molar-refractivity contribution in [2.45, 2.75) is 38.1 Å². The van der Waals surface area contributed by atoms with Gasteiger partial charge in [0, 0.05) is 6.04 Å². The van der Waals surface area contributed by atoms with E-state index in [0.29, 0.717) is 0 Å². The van der Waals surface area contributed by atoms with Crippen LogP contribution in [0.3, 0.4) is 0 Å². The second-order valence-corrected chi connectivity index (χ2v) is 3.76. The van der Waals surface area contributed by atoms with Crippen LogP contribution in [0.15, 0.2) is 0 Å². The van der Waals surface area contributed by atoms with E-state index in [0.717, 1.165) is 6.04 Å². The third kappa shape index (κ3) is 5.56. The zero-order valence-corrected chi connectivity index (χ0v) is 9.06. The number of rotatable bonds is 1. The summed E-state index contributed by atoms with van der Waals surface area (Å²) in [6.07, 6.45) is 7.20. The molecule has 74 valence electrons. The Bertz CT molecular complexity index is 85.8. The molecule has 1 N–H and O–H groups in total. The second kappa shape index (κ2) is 7.56. The monoisotopic (exact) mass is 172 g/mol. The van der Waals surface area contributed by atoms with Gasteiger partial charge in [0.05, 0.1) is 0 Å². The Labute approximate surface area is 77.3 Å². The summed E-state index contributed by atoms with van der Waals surface area (Å²) in [4.78, 5) is 2.36. The van der Waals surface area contributed by atoms with Crippen molar-refractivity contribution in [3.05, 3.63) is 0 Å². The molecule has 2 heteroatoms.